The number of nitrogen functional groups attached to an aromatic ring is 1. The molecule has 224 valence electrons. The van der Waals surface area contributed by atoms with Crippen LogP contribution in [0.2, 0.25) is 0 Å². The third-order valence-electron chi connectivity index (χ3n) is 5.85. The van der Waals surface area contributed by atoms with E-state index in [9.17, 15) is 49.1 Å². The topological polar surface area (TPSA) is 294 Å². The monoisotopic (exact) mass is 635 g/mol. The van der Waals surface area contributed by atoms with Crippen molar-refractivity contribution in [3.63, 3.8) is 0 Å². The van der Waals surface area contributed by atoms with E-state index in [-0.39, 0.29) is 22.0 Å². The number of non-ortho nitro benzene ring substituents is 1. The average Bonchev–Trinajstić information content (AvgIpc) is 3.37. The molecule has 21 heteroatoms. The first-order valence-electron chi connectivity index (χ1n) is 11.5. The molecule has 2 amide bonds. The van der Waals surface area contributed by atoms with Crippen molar-refractivity contribution < 1.29 is 48.6 Å². The van der Waals surface area contributed by atoms with Gasteiger partial charge >= 0.3 is 11.9 Å². The van der Waals surface area contributed by atoms with Crippen LogP contribution in [0.4, 0.5) is 16.5 Å². The molecule has 2 unspecified atom stereocenters. The van der Waals surface area contributed by atoms with Crippen molar-refractivity contribution >= 4 is 74.6 Å². The molecule has 2 aliphatic heterocycles. The van der Waals surface area contributed by atoms with Gasteiger partial charge in [-0.15, -0.1) is 11.3 Å². The number of hydrogen-bond donors (Lipinski definition) is 4. The Morgan fingerprint density at radius 1 is 1.26 bits per heavy atom. The van der Waals surface area contributed by atoms with Crippen LogP contribution in [0.25, 0.3) is 6.08 Å². The number of anilines is 1. The maximum atomic E-state index is 13.1. The maximum absolute atomic E-state index is 13.1. The number of fused-ring (bicyclic) bond motifs is 1. The Balaban J connectivity index is 1.61. The van der Waals surface area contributed by atoms with E-state index in [1.807, 2.05) is 0 Å². The largest absolute Gasteiger partial charge is 0.614 e. The van der Waals surface area contributed by atoms with E-state index in [0.29, 0.717) is 4.90 Å². The summed E-state index contributed by atoms with van der Waals surface area (Å²) in [5, 5.41) is 46.8. The number of nitro groups is 2. The molecule has 19 nitrogen and oxygen atoms in total. The number of carbonyl (C=O) groups is 4. The first kappa shape index (κ1) is 30.5. The number of benzene rings is 1. The SMILES string of the molecule is Nc1nc(C(=NOCC(=O)O)C(=O)NC2C(=O)N3C(C(=O)O)=C(C=Cc4ccc([N+](=O)[O-])cc4[N+](=O)[O-])C[S+]([O-])[C@@H]23)cs1. The highest BCUT2D eigenvalue weighted by Crippen LogP contribution is 2.38. The third-order valence-corrected chi connectivity index (χ3v) is 8.14. The summed E-state index contributed by atoms with van der Waals surface area (Å²) >= 11 is -1.07. The van der Waals surface area contributed by atoms with Crippen molar-refractivity contribution in [1.82, 2.24) is 15.2 Å². The van der Waals surface area contributed by atoms with Crippen LogP contribution >= 0.6 is 11.3 Å². The summed E-state index contributed by atoms with van der Waals surface area (Å²) in [6.07, 6.45) is 2.20. The number of aromatic nitrogens is 1. The molecule has 2 aliphatic rings. The van der Waals surface area contributed by atoms with Gasteiger partial charge in [-0.2, -0.15) is 0 Å². The molecular formula is C22H17N7O12S2. The number of amides is 2. The molecule has 1 fully saturated rings. The average molecular weight is 636 g/mol. The zero-order valence-corrected chi connectivity index (χ0v) is 22.8. The lowest BCUT2D eigenvalue weighted by atomic mass is 10.0. The zero-order chi connectivity index (χ0) is 31.6. The maximum Gasteiger partial charge on any atom is 0.353 e. The molecule has 0 spiro atoms. The molecule has 3 heterocycles. The highest BCUT2D eigenvalue weighted by molar-refractivity contribution is 7.92. The molecule has 1 aromatic heterocycles. The molecule has 0 aliphatic carbocycles. The summed E-state index contributed by atoms with van der Waals surface area (Å²) in [5.74, 6) is -5.47. The van der Waals surface area contributed by atoms with Gasteiger partial charge in [0.15, 0.2) is 16.9 Å². The lowest BCUT2D eigenvalue weighted by Gasteiger charge is -2.48. The second kappa shape index (κ2) is 12.2. The fourth-order valence-electron chi connectivity index (χ4n) is 4.03. The number of carboxylic acid groups (broad SMARTS) is 2. The predicted molar refractivity (Wildman–Crippen MR) is 146 cm³/mol. The van der Waals surface area contributed by atoms with Gasteiger partial charge in [-0.25, -0.2) is 14.6 Å². The molecule has 0 bridgehead atoms. The number of carbonyl (C=O) groups excluding carboxylic acids is 2. The number of β-lactam (4-membered cyclic amide) rings is 1. The van der Waals surface area contributed by atoms with Crippen molar-refractivity contribution in [2.75, 3.05) is 18.1 Å². The number of hydrogen-bond acceptors (Lipinski definition) is 14. The zero-order valence-electron chi connectivity index (χ0n) is 21.1. The number of allylic oxidation sites excluding steroid dienone is 1. The van der Waals surface area contributed by atoms with E-state index in [1.165, 1.54) is 5.38 Å². The van der Waals surface area contributed by atoms with Crippen molar-refractivity contribution in [2.24, 2.45) is 5.16 Å². The molecule has 1 saturated heterocycles. The number of nitrogens with two attached hydrogens (primary N) is 1. The molecule has 0 saturated carbocycles. The Morgan fingerprint density at radius 3 is 2.56 bits per heavy atom. The van der Waals surface area contributed by atoms with Gasteiger partial charge in [0.2, 0.25) is 12.0 Å². The predicted octanol–water partition coefficient (Wildman–Crippen LogP) is -0.185. The first-order chi connectivity index (χ1) is 20.3. The second-order valence-electron chi connectivity index (χ2n) is 8.52. The van der Waals surface area contributed by atoms with Gasteiger partial charge in [0.05, 0.1) is 21.5 Å². The van der Waals surface area contributed by atoms with Crippen molar-refractivity contribution in [1.29, 1.82) is 0 Å². The van der Waals surface area contributed by atoms with Gasteiger partial charge in [0.25, 0.3) is 23.2 Å². The quantitative estimate of drug-likeness (QED) is 0.0818. The summed E-state index contributed by atoms with van der Waals surface area (Å²) in [5.41, 5.74) is 2.86. The molecule has 2 aromatic rings. The third kappa shape index (κ3) is 6.27. The smallest absolute Gasteiger partial charge is 0.353 e. The van der Waals surface area contributed by atoms with E-state index >= 15 is 0 Å². The summed E-state index contributed by atoms with van der Waals surface area (Å²) in [7, 11) is 0. The van der Waals surface area contributed by atoms with Crippen LogP contribution in [0.5, 0.6) is 0 Å². The number of nitrogens with zero attached hydrogens (tertiary/aromatic N) is 5. The van der Waals surface area contributed by atoms with Gasteiger partial charge < -0.3 is 30.7 Å². The molecule has 4 rings (SSSR count). The van der Waals surface area contributed by atoms with Crippen LogP contribution in [-0.2, 0) is 35.2 Å². The number of aliphatic carboxylic acids is 2. The highest BCUT2D eigenvalue weighted by Gasteiger charge is 2.61. The van der Waals surface area contributed by atoms with E-state index in [1.54, 1.807) is 0 Å². The fraction of sp³-hybridized carbons (Fsp3) is 0.182. The van der Waals surface area contributed by atoms with Crippen LogP contribution in [0, 0.1) is 20.2 Å². The summed E-state index contributed by atoms with van der Waals surface area (Å²) in [6.45, 7) is -0.911. The number of nitro benzene ring substituents is 2. The van der Waals surface area contributed by atoms with Crippen LogP contribution < -0.4 is 11.1 Å². The van der Waals surface area contributed by atoms with Gasteiger partial charge in [-0.1, -0.05) is 11.2 Å². The van der Waals surface area contributed by atoms with Gasteiger partial charge in [-0.3, -0.25) is 34.7 Å². The lowest BCUT2D eigenvalue weighted by Crippen LogP contribution is -2.75. The Hall–Kier alpha value is -5.41. The Morgan fingerprint density at radius 2 is 1.98 bits per heavy atom. The van der Waals surface area contributed by atoms with E-state index in [2.05, 4.69) is 20.3 Å². The summed E-state index contributed by atoms with van der Waals surface area (Å²) in [6, 6.07) is 1.32. The van der Waals surface area contributed by atoms with Crippen LogP contribution in [0.3, 0.4) is 0 Å². The van der Waals surface area contributed by atoms with Gasteiger partial charge in [0.1, 0.15) is 17.1 Å². The van der Waals surface area contributed by atoms with E-state index in [4.69, 9.17) is 10.8 Å². The summed E-state index contributed by atoms with van der Waals surface area (Å²) in [4.78, 5) is 78.9. The molecule has 3 atom stereocenters. The molecule has 43 heavy (non-hydrogen) atoms. The van der Waals surface area contributed by atoms with Crippen LogP contribution in [0.15, 0.2) is 46.1 Å². The van der Waals surface area contributed by atoms with Crippen LogP contribution in [0.1, 0.15) is 11.3 Å². The standard InChI is InChI=1S/C22H17N7O12S2/c23-22-24-12(7-42-22)15(26-41-6-14(30)31)18(32)25-16-19(33)27-17(21(34)35)10(8-43(40)20(16)27)2-1-9-3-4-11(28(36)37)5-13(9)29(38)39/h1-5,7,16,20H,6,8H2,(H2,23,24)(H,25,32)(H,30,31)(H,34,35)/t16?,20-,43?/m0/s1. The van der Waals surface area contributed by atoms with Crippen LogP contribution in [-0.4, -0.2) is 87.7 Å². The minimum absolute atomic E-state index is 0.0314. The molecule has 0 radical (unpaired) electrons. The number of oxime groups is 1. The number of nitrogens with one attached hydrogen (secondary N) is 1. The lowest BCUT2D eigenvalue weighted by molar-refractivity contribution is -0.394. The van der Waals surface area contributed by atoms with Gasteiger partial charge in [0, 0.05) is 17.0 Å². The number of rotatable bonds is 11. The van der Waals surface area contributed by atoms with E-state index in [0.717, 1.165) is 41.7 Å². The molecular weight excluding hydrogens is 618 g/mol. The first-order valence-corrected chi connectivity index (χ1v) is 13.8. The van der Waals surface area contributed by atoms with Gasteiger partial charge in [-0.05, 0) is 23.3 Å². The highest BCUT2D eigenvalue weighted by atomic mass is 32.2. The normalized spacial score (nSPS) is 19.9. The number of carboxylic acids is 2. The van der Waals surface area contributed by atoms with Crippen molar-refractivity contribution in [3.05, 3.63) is 72.4 Å². The van der Waals surface area contributed by atoms with Crippen molar-refractivity contribution in [3.8, 4) is 0 Å². The Labute approximate surface area is 245 Å². The fourth-order valence-corrected chi connectivity index (χ4v) is 6.22. The number of thiazole rings is 1. The second-order valence-corrected chi connectivity index (χ2v) is 10.9. The van der Waals surface area contributed by atoms with Crippen molar-refractivity contribution in [2.45, 2.75) is 11.4 Å². The minimum Gasteiger partial charge on any atom is -0.614 e. The molecule has 5 N–H and O–H groups in total. The Bertz CT molecular complexity index is 1650. The molecule has 1 aromatic carbocycles. The minimum atomic E-state index is -2.00. The Kier molecular flexibility index (Phi) is 8.68. The summed E-state index contributed by atoms with van der Waals surface area (Å²) < 4.78 is 13.1. The van der Waals surface area contributed by atoms with E-state index < -0.39 is 91.3 Å².